The van der Waals surface area contributed by atoms with Crippen molar-refractivity contribution in [1.82, 2.24) is 19.8 Å². The lowest BCUT2D eigenvalue weighted by Crippen LogP contribution is -2.30. The Morgan fingerprint density at radius 3 is 2.96 bits per heavy atom. The average Bonchev–Trinajstić information content (AvgIpc) is 3.12. The molecular formula is C13H21N6O5P. The molecule has 2 rings (SSSR count). The van der Waals surface area contributed by atoms with Crippen LogP contribution in [0.4, 0.5) is 5.82 Å². The molecule has 1 aromatic heterocycles. The van der Waals surface area contributed by atoms with Gasteiger partial charge in [-0.05, 0) is 13.3 Å². The lowest BCUT2D eigenvalue weighted by molar-refractivity contribution is -0.129. The van der Waals surface area contributed by atoms with Gasteiger partial charge >= 0.3 is 7.60 Å². The van der Waals surface area contributed by atoms with Crippen LogP contribution in [0.1, 0.15) is 24.6 Å². The molecule has 0 aliphatic carbocycles. The van der Waals surface area contributed by atoms with Gasteiger partial charge in [-0.25, -0.2) is 4.98 Å². The van der Waals surface area contributed by atoms with Gasteiger partial charge in [0.25, 0.3) is 0 Å². The lowest BCUT2D eigenvalue weighted by atomic mass is 10.2. The molecule has 0 saturated carbocycles. The number of carbonyl (C=O) groups excluding carboxylic acids is 2. The maximum Gasteiger partial charge on any atom is 0.326 e. The van der Waals surface area contributed by atoms with Gasteiger partial charge in [0.1, 0.15) is 0 Å². The molecule has 1 saturated heterocycles. The zero-order chi connectivity index (χ0) is 18.6. The largest absolute Gasteiger partial charge is 0.369 e. The fraction of sp³-hybridized carbons (Fsp3) is 0.538. The van der Waals surface area contributed by atoms with Gasteiger partial charge in [0, 0.05) is 19.5 Å². The molecular weight excluding hydrogens is 351 g/mol. The van der Waals surface area contributed by atoms with Gasteiger partial charge in [-0.2, -0.15) is 4.99 Å². The molecule has 1 aliphatic rings. The number of nitrogens with zero attached hydrogens (tertiary/aromatic N) is 4. The summed E-state index contributed by atoms with van der Waals surface area (Å²) in [6.45, 7) is 2.62. The number of amides is 2. The van der Waals surface area contributed by atoms with Crippen LogP contribution in [0.3, 0.4) is 0 Å². The lowest BCUT2D eigenvalue weighted by Gasteiger charge is -2.18. The van der Waals surface area contributed by atoms with E-state index in [0.29, 0.717) is 37.4 Å². The van der Waals surface area contributed by atoms with Crippen LogP contribution in [0.5, 0.6) is 0 Å². The average molecular weight is 372 g/mol. The zero-order valence-electron chi connectivity index (χ0n) is 13.7. The van der Waals surface area contributed by atoms with Gasteiger partial charge in [-0.1, -0.05) is 0 Å². The Balaban J connectivity index is 2.07. The minimum Gasteiger partial charge on any atom is -0.369 e. The van der Waals surface area contributed by atoms with Crippen LogP contribution < -0.4 is 11.1 Å². The summed E-state index contributed by atoms with van der Waals surface area (Å²) in [6, 6.07) is -0.0806. The fourth-order valence-electron chi connectivity index (χ4n) is 2.66. The van der Waals surface area contributed by atoms with E-state index < -0.39 is 13.8 Å². The Bertz CT molecular complexity index is 726. The number of aromatic nitrogens is 2. The van der Waals surface area contributed by atoms with Crippen molar-refractivity contribution in [2.45, 2.75) is 25.8 Å². The van der Waals surface area contributed by atoms with E-state index in [1.54, 1.807) is 22.7 Å². The van der Waals surface area contributed by atoms with Crippen molar-refractivity contribution in [3.8, 4) is 0 Å². The van der Waals surface area contributed by atoms with Crippen molar-refractivity contribution in [2.75, 3.05) is 19.3 Å². The molecule has 0 bridgehead atoms. The van der Waals surface area contributed by atoms with E-state index in [9.17, 15) is 14.2 Å². The van der Waals surface area contributed by atoms with Crippen molar-refractivity contribution < 1.29 is 23.9 Å². The predicted octanol–water partition coefficient (Wildman–Crippen LogP) is -0.775. The Morgan fingerprint density at radius 2 is 2.32 bits per heavy atom. The van der Waals surface area contributed by atoms with Crippen LogP contribution in [0.2, 0.25) is 0 Å². The van der Waals surface area contributed by atoms with E-state index in [1.165, 1.54) is 0 Å². The minimum absolute atomic E-state index is 0.0626. The first-order chi connectivity index (χ1) is 11.7. The van der Waals surface area contributed by atoms with Gasteiger partial charge in [0.15, 0.2) is 5.82 Å². The van der Waals surface area contributed by atoms with Gasteiger partial charge < -0.3 is 25.0 Å². The molecule has 1 fully saturated rings. The first-order valence-corrected chi connectivity index (χ1v) is 9.41. The summed E-state index contributed by atoms with van der Waals surface area (Å²) in [6.07, 6.45) is 2.02. The van der Waals surface area contributed by atoms with Gasteiger partial charge in [-0.15, -0.1) is 0 Å². The SMILES string of the molecule is Cc1ncn(C2CCN(C(=O)CCP(=O)(O)O)C2)c1/N=C(/N)NC=O. The minimum atomic E-state index is -4.19. The maximum atomic E-state index is 12.1. The number of nitrogens with one attached hydrogen (secondary N) is 1. The number of rotatable bonds is 6. The van der Waals surface area contributed by atoms with E-state index in [4.69, 9.17) is 15.5 Å². The number of guanidine groups is 1. The Morgan fingerprint density at radius 1 is 1.60 bits per heavy atom. The third-order valence-corrected chi connectivity index (χ3v) is 4.71. The van der Waals surface area contributed by atoms with Gasteiger partial charge in [0.05, 0.1) is 24.2 Å². The molecule has 1 aromatic rings. The molecule has 2 heterocycles. The smallest absolute Gasteiger partial charge is 0.326 e. The summed E-state index contributed by atoms with van der Waals surface area (Å²) >= 11 is 0. The van der Waals surface area contributed by atoms with Crippen LogP contribution in [0.25, 0.3) is 0 Å². The predicted molar refractivity (Wildman–Crippen MR) is 89.2 cm³/mol. The molecule has 2 amide bonds. The number of nitrogens with two attached hydrogens (primary N) is 1. The molecule has 0 aromatic carbocycles. The monoisotopic (exact) mass is 372 g/mol. The highest BCUT2D eigenvalue weighted by Gasteiger charge is 2.30. The third kappa shape index (κ3) is 5.12. The summed E-state index contributed by atoms with van der Waals surface area (Å²) < 4.78 is 12.7. The van der Waals surface area contributed by atoms with Crippen molar-refractivity contribution in [3.05, 3.63) is 12.0 Å². The van der Waals surface area contributed by atoms with Crippen LogP contribution in [-0.2, 0) is 14.2 Å². The van der Waals surface area contributed by atoms with E-state index in [1.807, 2.05) is 0 Å². The normalized spacial score (nSPS) is 18.4. The molecule has 25 heavy (non-hydrogen) atoms. The topological polar surface area (TPSA) is 163 Å². The summed E-state index contributed by atoms with van der Waals surface area (Å²) in [7, 11) is -4.19. The zero-order valence-corrected chi connectivity index (χ0v) is 14.6. The Hall–Kier alpha value is -2.23. The molecule has 1 aliphatic heterocycles. The number of hydrogen-bond donors (Lipinski definition) is 4. The fourth-order valence-corrected chi connectivity index (χ4v) is 3.14. The van der Waals surface area contributed by atoms with Crippen LogP contribution >= 0.6 is 7.60 Å². The second-order valence-corrected chi connectivity index (χ2v) is 7.52. The van der Waals surface area contributed by atoms with Crippen LogP contribution in [-0.4, -0.2) is 61.8 Å². The number of likely N-dealkylation sites (tertiary alicyclic amines) is 1. The summed E-state index contributed by atoms with van der Waals surface area (Å²) in [4.78, 5) is 50.2. The molecule has 12 heteroatoms. The third-order valence-electron chi connectivity index (χ3n) is 3.90. The molecule has 138 valence electrons. The molecule has 1 unspecified atom stereocenters. The number of aliphatic imine (C=N–C) groups is 1. The highest BCUT2D eigenvalue weighted by molar-refractivity contribution is 7.51. The summed E-state index contributed by atoms with van der Waals surface area (Å²) in [5, 5.41) is 2.25. The molecule has 1 atom stereocenters. The van der Waals surface area contributed by atoms with E-state index in [-0.39, 0.29) is 24.3 Å². The van der Waals surface area contributed by atoms with Gasteiger partial charge in [-0.3, -0.25) is 19.5 Å². The highest BCUT2D eigenvalue weighted by Crippen LogP contribution is 2.35. The second-order valence-electron chi connectivity index (χ2n) is 5.74. The maximum absolute atomic E-state index is 12.1. The van der Waals surface area contributed by atoms with Crippen molar-refractivity contribution in [1.29, 1.82) is 0 Å². The Kier molecular flexibility index (Phi) is 5.93. The first kappa shape index (κ1) is 19.1. The number of carbonyl (C=O) groups is 2. The number of imidazole rings is 1. The quantitative estimate of drug-likeness (QED) is 0.220. The number of aryl methyl sites for hydroxylation is 1. The first-order valence-electron chi connectivity index (χ1n) is 7.61. The van der Waals surface area contributed by atoms with E-state index >= 15 is 0 Å². The number of hydrogen-bond acceptors (Lipinski definition) is 5. The van der Waals surface area contributed by atoms with Crippen LogP contribution in [0, 0.1) is 6.92 Å². The Labute approximate surface area is 144 Å². The van der Waals surface area contributed by atoms with E-state index in [2.05, 4.69) is 15.3 Å². The van der Waals surface area contributed by atoms with Crippen molar-refractivity contribution in [2.24, 2.45) is 10.7 Å². The second kappa shape index (κ2) is 7.77. The van der Waals surface area contributed by atoms with Gasteiger partial charge in [0.2, 0.25) is 18.3 Å². The summed E-state index contributed by atoms with van der Waals surface area (Å²) in [5.74, 6) is 0.128. The molecule has 11 nitrogen and oxygen atoms in total. The van der Waals surface area contributed by atoms with Crippen molar-refractivity contribution in [3.63, 3.8) is 0 Å². The van der Waals surface area contributed by atoms with E-state index in [0.717, 1.165) is 0 Å². The molecule has 0 radical (unpaired) electrons. The molecule has 0 spiro atoms. The standard InChI is InChI=1S/C13H21N6O5P/c1-9-12(17-13(14)16-8-20)19(7-15-9)10-2-4-18(6-10)11(21)3-5-25(22,23)24/h7-8,10H,2-6H2,1H3,(H2,22,23,24)(H3,14,16,17,20). The summed E-state index contributed by atoms with van der Waals surface area (Å²) in [5.41, 5.74) is 6.22. The molecule has 5 N–H and O–H groups in total. The van der Waals surface area contributed by atoms with Crippen LogP contribution in [0.15, 0.2) is 11.3 Å². The highest BCUT2D eigenvalue weighted by atomic mass is 31.2. The van der Waals surface area contributed by atoms with Crippen molar-refractivity contribution >= 4 is 31.7 Å².